The van der Waals surface area contributed by atoms with Gasteiger partial charge in [-0.1, -0.05) is 0 Å². The first-order chi connectivity index (χ1) is 9.71. The molecule has 2 fully saturated rings. The molecule has 0 aliphatic carbocycles. The van der Waals surface area contributed by atoms with Gasteiger partial charge in [0, 0.05) is 37.0 Å². The molecule has 0 bridgehead atoms. The van der Waals surface area contributed by atoms with Crippen molar-refractivity contribution in [3.8, 4) is 0 Å². The maximum absolute atomic E-state index is 5.59. The maximum atomic E-state index is 5.59. The zero-order valence-electron chi connectivity index (χ0n) is 11.7. The Labute approximate surface area is 132 Å². The molecule has 3 heterocycles. The van der Waals surface area contributed by atoms with Crippen molar-refractivity contribution in [2.24, 2.45) is 10.4 Å². The SMILES string of the molecule is CN=C(NCc1ccc(Br)s1)N1CCC2(CCOC2)C1. The smallest absolute Gasteiger partial charge is 0.193 e. The van der Waals surface area contributed by atoms with E-state index >= 15 is 0 Å². The molecule has 0 saturated carbocycles. The molecule has 1 aromatic rings. The fourth-order valence-corrected chi connectivity index (χ4v) is 4.46. The van der Waals surface area contributed by atoms with Gasteiger partial charge in [-0.05, 0) is 40.9 Å². The number of guanidine groups is 1. The number of hydrogen-bond donors (Lipinski definition) is 1. The van der Waals surface area contributed by atoms with Gasteiger partial charge in [0.25, 0.3) is 0 Å². The molecule has 20 heavy (non-hydrogen) atoms. The lowest BCUT2D eigenvalue weighted by molar-refractivity contribution is 0.156. The van der Waals surface area contributed by atoms with Gasteiger partial charge in [-0.3, -0.25) is 4.99 Å². The molecule has 2 saturated heterocycles. The number of nitrogens with zero attached hydrogens (tertiary/aromatic N) is 2. The average molecular weight is 358 g/mol. The standard InChI is InChI=1S/C14H20BrN3OS/c1-16-13(17-8-11-2-3-12(15)20-11)18-6-4-14(9-18)5-7-19-10-14/h2-3H,4-10H2,1H3,(H,16,17). The summed E-state index contributed by atoms with van der Waals surface area (Å²) in [6, 6.07) is 4.23. The number of ether oxygens (including phenoxy) is 1. The van der Waals surface area contributed by atoms with Crippen molar-refractivity contribution in [1.82, 2.24) is 10.2 Å². The summed E-state index contributed by atoms with van der Waals surface area (Å²) in [5.41, 5.74) is 0.379. The van der Waals surface area contributed by atoms with Gasteiger partial charge < -0.3 is 15.0 Å². The van der Waals surface area contributed by atoms with Crippen LogP contribution in [-0.2, 0) is 11.3 Å². The van der Waals surface area contributed by atoms with E-state index in [1.807, 2.05) is 7.05 Å². The predicted molar refractivity (Wildman–Crippen MR) is 86.3 cm³/mol. The third kappa shape index (κ3) is 3.02. The molecule has 1 unspecified atom stereocenters. The molecule has 0 aromatic carbocycles. The first-order valence-electron chi connectivity index (χ1n) is 6.98. The minimum Gasteiger partial charge on any atom is -0.381 e. The normalized spacial score (nSPS) is 26.7. The second-order valence-electron chi connectivity index (χ2n) is 5.58. The van der Waals surface area contributed by atoms with Gasteiger partial charge in [-0.25, -0.2) is 0 Å². The molecule has 2 aliphatic heterocycles. The highest BCUT2D eigenvalue weighted by molar-refractivity contribution is 9.11. The van der Waals surface area contributed by atoms with Crippen LogP contribution in [0.3, 0.4) is 0 Å². The topological polar surface area (TPSA) is 36.9 Å². The minimum atomic E-state index is 0.379. The molecule has 3 rings (SSSR count). The molecule has 0 radical (unpaired) electrons. The highest BCUT2D eigenvalue weighted by atomic mass is 79.9. The molecule has 1 N–H and O–H groups in total. The number of nitrogens with one attached hydrogen (secondary N) is 1. The summed E-state index contributed by atoms with van der Waals surface area (Å²) in [5.74, 6) is 1.01. The zero-order chi connectivity index (χ0) is 14.0. The maximum Gasteiger partial charge on any atom is 0.193 e. The largest absolute Gasteiger partial charge is 0.381 e. The third-order valence-corrected chi connectivity index (χ3v) is 5.81. The van der Waals surface area contributed by atoms with E-state index in [1.165, 1.54) is 21.5 Å². The van der Waals surface area contributed by atoms with E-state index in [0.717, 1.165) is 38.8 Å². The Morgan fingerprint density at radius 3 is 3.10 bits per heavy atom. The summed E-state index contributed by atoms with van der Waals surface area (Å²) >= 11 is 5.26. The molecule has 1 aromatic heterocycles. The van der Waals surface area contributed by atoms with E-state index in [1.54, 1.807) is 11.3 Å². The van der Waals surface area contributed by atoms with Crippen molar-refractivity contribution in [3.63, 3.8) is 0 Å². The lowest BCUT2D eigenvalue weighted by Crippen LogP contribution is -2.41. The van der Waals surface area contributed by atoms with Crippen molar-refractivity contribution < 1.29 is 4.74 Å². The van der Waals surface area contributed by atoms with Gasteiger partial charge in [0.15, 0.2) is 5.96 Å². The van der Waals surface area contributed by atoms with Crippen LogP contribution >= 0.6 is 27.3 Å². The summed E-state index contributed by atoms with van der Waals surface area (Å²) in [5, 5.41) is 3.47. The molecular formula is C14H20BrN3OS. The third-order valence-electron chi connectivity index (χ3n) is 4.18. The fourth-order valence-electron chi connectivity index (χ4n) is 3.03. The molecule has 4 nitrogen and oxygen atoms in total. The Hall–Kier alpha value is -0.590. The summed E-state index contributed by atoms with van der Waals surface area (Å²) in [4.78, 5) is 8.12. The summed E-state index contributed by atoms with van der Waals surface area (Å²) < 4.78 is 6.76. The van der Waals surface area contributed by atoms with E-state index in [-0.39, 0.29) is 0 Å². The molecule has 1 spiro atoms. The van der Waals surface area contributed by atoms with E-state index in [9.17, 15) is 0 Å². The van der Waals surface area contributed by atoms with Crippen molar-refractivity contribution in [2.75, 3.05) is 33.4 Å². The first-order valence-corrected chi connectivity index (χ1v) is 8.59. The summed E-state index contributed by atoms with van der Waals surface area (Å²) in [7, 11) is 1.86. The van der Waals surface area contributed by atoms with Crippen LogP contribution in [0.25, 0.3) is 0 Å². The van der Waals surface area contributed by atoms with Gasteiger partial charge in [-0.2, -0.15) is 0 Å². The second kappa shape index (κ2) is 6.03. The Morgan fingerprint density at radius 1 is 1.55 bits per heavy atom. The second-order valence-corrected chi connectivity index (χ2v) is 8.13. The lowest BCUT2D eigenvalue weighted by atomic mass is 9.87. The fraction of sp³-hybridized carbons (Fsp3) is 0.643. The van der Waals surface area contributed by atoms with Crippen LogP contribution in [-0.4, -0.2) is 44.2 Å². The van der Waals surface area contributed by atoms with Gasteiger partial charge in [-0.15, -0.1) is 11.3 Å². The highest BCUT2D eigenvalue weighted by Gasteiger charge is 2.42. The van der Waals surface area contributed by atoms with Crippen molar-refractivity contribution in [2.45, 2.75) is 19.4 Å². The highest BCUT2D eigenvalue weighted by Crippen LogP contribution is 2.38. The van der Waals surface area contributed by atoms with Gasteiger partial charge in [0.1, 0.15) is 0 Å². The average Bonchev–Trinajstić information content (AvgIpc) is 3.15. The van der Waals surface area contributed by atoms with Crippen LogP contribution in [0, 0.1) is 5.41 Å². The van der Waals surface area contributed by atoms with Crippen LogP contribution in [0.5, 0.6) is 0 Å². The van der Waals surface area contributed by atoms with Crippen molar-refractivity contribution >= 4 is 33.2 Å². The number of hydrogen-bond acceptors (Lipinski definition) is 3. The van der Waals surface area contributed by atoms with E-state index in [4.69, 9.17) is 4.74 Å². The van der Waals surface area contributed by atoms with Gasteiger partial charge in [0.05, 0.1) is 16.9 Å². The zero-order valence-corrected chi connectivity index (χ0v) is 14.1. The summed E-state index contributed by atoms with van der Waals surface area (Å²) in [6.07, 6.45) is 2.41. The molecule has 1 atom stereocenters. The van der Waals surface area contributed by atoms with E-state index in [0.29, 0.717) is 5.41 Å². The minimum absolute atomic E-state index is 0.379. The molecule has 2 aliphatic rings. The van der Waals surface area contributed by atoms with Gasteiger partial charge in [0.2, 0.25) is 0 Å². The van der Waals surface area contributed by atoms with Crippen molar-refractivity contribution in [3.05, 3.63) is 20.8 Å². The quantitative estimate of drug-likeness (QED) is 0.653. The predicted octanol–water partition coefficient (Wildman–Crippen LogP) is 2.70. The Balaban J connectivity index is 1.57. The lowest BCUT2D eigenvalue weighted by Gasteiger charge is -2.24. The monoisotopic (exact) mass is 357 g/mol. The number of likely N-dealkylation sites (tertiary alicyclic amines) is 1. The van der Waals surface area contributed by atoms with Crippen LogP contribution in [0.4, 0.5) is 0 Å². The van der Waals surface area contributed by atoms with Crippen LogP contribution in [0.2, 0.25) is 0 Å². The molecule has 6 heteroatoms. The Morgan fingerprint density at radius 2 is 2.45 bits per heavy atom. The Kier molecular flexibility index (Phi) is 4.33. The number of thiophene rings is 1. The number of aliphatic imine (C=N–C) groups is 1. The van der Waals surface area contributed by atoms with Crippen LogP contribution in [0.1, 0.15) is 17.7 Å². The molecule has 0 amide bonds. The first kappa shape index (κ1) is 14.4. The van der Waals surface area contributed by atoms with E-state index < -0.39 is 0 Å². The Bertz CT molecular complexity index is 496. The summed E-state index contributed by atoms with van der Waals surface area (Å²) in [6.45, 7) is 4.82. The number of halogens is 1. The molecule has 110 valence electrons. The van der Waals surface area contributed by atoms with Crippen molar-refractivity contribution in [1.29, 1.82) is 0 Å². The van der Waals surface area contributed by atoms with E-state index in [2.05, 4.69) is 43.3 Å². The number of rotatable bonds is 2. The van der Waals surface area contributed by atoms with Crippen LogP contribution < -0.4 is 5.32 Å². The molecular weight excluding hydrogens is 338 g/mol. The van der Waals surface area contributed by atoms with Gasteiger partial charge >= 0.3 is 0 Å². The van der Waals surface area contributed by atoms with Crippen LogP contribution in [0.15, 0.2) is 20.9 Å².